The van der Waals surface area contributed by atoms with E-state index in [0.717, 1.165) is 6.42 Å². The van der Waals surface area contributed by atoms with Gasteiger partial charge < -0.3 is 10.0 Å². The van der Waals surface area contributed by atoms with Crippen LogP contribution in [0.25, 0.3) is 0 Å². The molecule has 3 nitrogen and oxygen atoms in total. The number of aliphatic hydroxyl groups is 1. The minimum atomic E-state index is -0.922. The van der Waals surface area contributed by atoms with Crippen molar-refractivity contribution in [3.8, 4) is 0 Å². The molecule has 2 radical (unpaired) electrons. The third-order valence-electron chi connectivity index (χ3n) is 2.08. The average Bonchev–Trinajstić information content (AvgIpc) is 2.30. The molecule has 0 saturated carbocycles. The summed E-state index contributed by atoms with van der Waals surface area (Å²) in [6.45, 7) is 0. The molecule has 0 aliphatic carbocycles. The molecular formula is C8H12BNO2. The highest BCUT2D eigenvalue weighted by Crippen LogP contribution is 2.17. The Morgan fingerprint density at radius 1 is 1.83 bits per heavy atom. The van der Waals surface area contributed by atoms with Crippen LogP contribution in [-0.2, 0) is 4.79 Å². The van der Waals surface area contributed by atoms with Crippen molar-refractivity contribution in [2.75, 3.05) is 7.05 Å². The lowest BCUT2D eigenvalue weighted by Crippen LogP contribution is -2.27. The molecule has 1 aliphatic rings. The van der Waals surface area contributed by atoms with E-state index in [4.69, 9.17) is 13.0 Å². The van der Waals surface area contributed by atoms with Crippen molar-refractivity contribution in [1.29, 1.82) is 0 Å². The van der Waals surface area contributed by atoms with E-state index in [1.165, 1.54) is 6.08 Å². The highest BCUT2D eigenvalue weighted by atomic mass is 16.3. The minimum absolute atomic E-state index is 0.107. The second kappa shape index (κ2) is 3.76. The largest absolute Gasteiger partial charge is 0.399 e. The monoisotopic (exact) mass is 165 g/mol. The molecule has 12 heavy (non-hydrogen) atoms. The predicted octanol–water partition coefficient (Wildman–Crippen LogP) is -0.350. The summed E-state index contributed by atoms with van der Waals surface area (Å²) in [5.41, 5.74) is 0. The predicted molar refractivity (Wildman–Crippen MR) is 46.7 cm³/mol. The summed E-state index contributed by atoms with van der Waals surface area (Å²) in [6.07, 6.45) is 4.68. The highest BCUT2D eigenvalue weighted by molar-refractivity contribution is 6.12. The summed E-state index contributed by atoms with van der Waals surface area (Å²) >= 11 is 0. The lowest BCUT2D eigenvalue weighted by Gasteiger charge is -2.15. The summed E-state index contributed by atoms with van der Waals surface area (Å²) in [4.78, 5) is 12.7. The number of hydrogen-bond acceptors (Lipinski definition) is 2. The molecule has 0 aromatic carbocycles. The van der Waals surface area contributed by atoms with Gasteiger partial charge in [-0.1, -0.05) is 12.2 Å². The molecule has 4 heteroatoms. The normalized spacial score (nSPS) is 27.0. The molecule has 1 amide bonds. The molecule has 1 aliphatic heterocycles. The van der Waals surface area contributed by atoms with E-state index >= 15 is 0 Å². The molecule has 0 bridgehead atoms. The van der Waals surface area contributed by atoms with Gasteiger partial charge in [0.2, 0.25) is 5.91 Å². The van der Waals surface area contributed by atoms with E-state index in [0.29, 0.717) is 6.42 Å². The highest BCUT2D eigenvalue weighted by Gasteiger charge is 2.24. The first kappa shape index (κ1) is 9.32. The van der Waals surface area contributed by atoms with Gasteiger partial charge in [-0.3, -0.25) is 4.79 Å². The Kier molecular flexibility index (Phi) is 2.92. The van der Waals surface area contributed by atoms with Gasteiger partial charge in [0.25, 0.3) is 0 Å². The second-order valence-corrected chi connectivity index (χ2v) is 2.99. The first-order valence-corrected chi connectivity index (χ1v) is 3.99. The SMILES string of the molecule is [B][C@@H](O)/C=C/[C@H]1CCC(=O)N1C. The molecule has 0 unspecified atom stereocenters. The molecule has 1 N–H and O–H groups in total. The van der Waals surface area contributed by atoms with Crippen molar-refractivity contribution in [2.45, 2.75) is 24.9 Å². The molecule has 0 aromatic heterocycles. The fourth-order valence-electron chi connectivity index (χ4n) is 1.29. The topological polar surface area (TPSA) is 40.5 Å². The lowest BCUT2D eigenvalue weighted by molar-refractivity contribution is -0.127. The van der Waals surface area contributed by atoms with E-state index in [1.54, 1.807) is 18.0 Å². The Labute approximate surface area is 73.5 Å². The second-order valence-electron chi connectivity index (χ2n) is 2.99. The van der Waals surface area contributed by atoms with Gasteiger partial charge in [-0.2, -0.15) is 0 Å². The summed E-state index contributed by atoms with van der Waals surface area (Å²) in [5.74, 6) is 0.149. The van der Waals surface area contributed by atoms with Crippen molar-refractivity contribution < 1.29 is 9.90 Å². The van der Waals surface area contributed by atoms with Gasteiger partial charge in [-0.05, 0) is 6.42 Å². The standard InChI is InChI=1S/C8H12BNO2/c1-10-6(2-4-7(9)11)3-5-8(10)12/h2,4,6-7,11H,3,5H2,1H3/b4-2+/t6-,7-/m0/s1. The molecule has 1 rings (SSSR count). The van der Waals surface area contributed by atoms with Gasteiger partial charge >= 0.3 is 0 Å². The van der Waals surface area contributed by atoms with Crippen LogP contribution < -0.4 is 0 Å². The van der Waals surface area contributed by atoms with Gasteiger partial charge in [0.05, 0.1) is 6.04 Å². The third kappa shape index (κ3) is 2.11. The summed E-state index contributed by atoms with van der Waals surface area (Å²) in [6, 6.07) is -0.815. The number of likely N-dealkylation sites (N-methyl/N-ethyl adjacent to an activating group) is 1. The van der Waals surface area contributed by atoms with Crippen LogP contribution in [0, 0.1) is 0 Å². The van der Waals surface area contributed by atoms with Crippen LogP contribution >= 0.6 is 0 Å². The van der Waals surface area contributed by atoms with Crippen LogP contribution in [0.2, 0.25) is 0 Å². The molecule has 1 heterocycles. The molecular weight excluding hydrogens is 153 g/mol. The average molecular weight is 165 g/mol. The molecule has 0 aromatic rings. The van der Waals surface area contributed by atoms with Crippen molar-refractivity contribution in [1.82, 2.24) is 4.90 Å². The van der Waals surface area contributed by atoms with E-state index in [-0.39, 0.29) is 11.9 Å². The fraction of sp³-hybridized carbons (Fsp3) is 0.625. The Morgan fingerprint density at radius 3 is 2.92 bits per heavy atom. The lowest BCUT2D eigenvalue weighted by atomic mass is 9.99. The maximum atomic E-state index is 11.0. The van der Waals surface area contributed by atoms with E-state index in [1.807, 2.05) is 0 Å². The zero-order valence-electron chi connectivity index (χ0n) is 7.10. The summed E-state index contributed by atoms with van der Waals surface area (Å²) in [5, 5.41) is 8.75. The minimum Gasteiger partial charge on any atom is -0.399 e. The van der Waals surface area contributed by atoms with Crippen molar-refractivity contribution >= 4 is 13.8 Å². The Balaban J connectivity index is 2.49. The molecule has 0 spiro atoms. The van der Waals surface area contributed by atoms with E-state index in [2.05, 4.69) is 0 Å². The van der Waals surface area contributed by atoms with E-state index in [9.17, 15) is 4.79 Å². The number of nitrogens with zero attached hydrogens (tertiary/aromatic N) is 1. The van der Waals surface area contributed by atoms with Crippen LogP contribution in [0.3, 0.4) is 0 Å². The smallest absolute Gasteiger partial charge is 0.222 e. The first-order valence-electron chi connectivity index (χ1n) is 3.99. The van der Waals surface area contributed by atoms with Gasteiger partial charge in [-0.15, -0.1) is 0 Å². The molecule has 1 fully saturated rings. The Bertz CT molecular complexity index is 203. The zero-order valence-corrected chi connectivity index (χ0v) is 7.10. The van der Waals surface area contributed by atoms with Crippen LogP contribution in [-0.4, -0.2) is 42.9 Å². The van der Waals surface area contributed by atoms with Gasteiger partial charge in [0, 0.05) is 19.5 Å². The molecule has 64 valence electrons. The van der Waals surface area contributed by atoms with Crippen LogP contribution in [0.15, 0.2) is 12.2 Å². The van der Waals surface area contributed by atoms with Gasteiger partial charge in [0.1, 0.15) is 7.85 Å². The van der Waals surface area contributed by atoms with Crippen molar-refractivity contribution in [2.24, 2.45) is 0 Å². The number of aliphatic hydroxyl groups excluding tert-OH is 1. The van der Waals surface area contributed by atoms with E-state index < -0.39 is 6.00 Å². The molecule has 2 atom stereocenters. The summed E-state index contributed by atoms with van der Waals surface area (Å²) < 4.78 is 0. The summed E-state index contributed by atoms with van der Waals surface area (Å²) in [7, 11) is 6.87. The van der Waals surface area contributed by atoms with Crippen molar-refractivity contribution in [3.63, 3.8) is 0 Å². The van der Waals surface area contributed by atoms with Gasteiger partial charge in [-0.25, -0.2) is 0 Å². The first-order chi connectivity index (χ1) is 5.61. The number of amides is 1. The van der Waals surface area contributed by atoms with Crippen LogP contribution in [0.5, 0.6) is 0 Å². The number of carbonyl (C=O) groups excluding carboxylic acids is 1. The quantitative estimate of drug-likeness (QED) is 0.448. The number of likely N-dealkylation sites (tertiary alicyclic amines) is 1. The number of hydrogen-bond donors (Lipinski definition) is 1. The number of carbonyl (C=O) groups is 1. The van der Waals surface area contributed by atoms with Crippen LogP contribution in [0.4, 0.5) is 0 Å². The Hall–Kier alpha value is -0.765. The molecule has 1 saturated heterocycles. The number of rotatable bonds is 2. The van der Waals surface area contributed by atoms with Crippen molar-refractivity contribution in [3.05, 3.63) is 12.2 Å². The fourth-order valence-corrected chi connectivity index (χ4v) is 1.29. The Morgan fingerprint density at radius 2 is 2.50 bits per heavy atom. The van der Waals surface area contributed by atoms with Crippen LogP contribution in [0.1, 0.15) is 12.8 Å². The zero-order chi connectivity index (χ0) is 9.14. The van der Waals surface area contributed by atoms with Gasteiger partial charge in [0.15, 0.2) is 0 Å². The third-order valence-corrected chi connectivity index (χ3v) is 2.08. The maximum absolute atomic E-state index is 11.0. The maximum Gasteiger partial charge on any atom is 0.222 e.